The largest absolute Gasteiger partial charge is 0.300 e. The van der Waals surface area contributed by atoms with Crippen molar-refractivity contribution in [2.45, 2.75) is 11.8 Å². The van der Waals surface area contributed by atoms with Crippen LogP contribution in [0.15, 0.2) is 53.7 Å². The number of aryl methyl sites for hydroxylation is 1. The second-order valence-electron chi connectivity index (χ2n) is 4.99. The first-order chi connectivity index (χ1) is 11.0. The third-order valence-corrected chi connectivity index (χ3v) is 4.97. The molecule has 1 aromatic carbocycles. The number of rotatable bonds is 5. The SMILES string of the molecule is Cc1cccnc1-n1cc(S(=O)(=O)OCCCl)c2ccccc21. The molecule has 0 fully saturated rings. The van der Waals surface area contributed by atoms with Gasteiger partial charge in [0, 0.05) is 23.7 Å². The smallest absolute Gasteiger partial charge is 0.299 e. The molecular formula is C16H15ClN2O3S. The molecule has 2 aromatic heterocycles. The number of aromatic nitrogens is 2. The predicted molar refractivity (Wildman–Crippen MR) is 89.7 cm³/mol. The van der Waals surface area contributed by atoms with E-state index in [1.807, 2.05) is 31.2 Å². The summed E-state index contributed by atoms with van der Waals surface area (Å²) >= 11 is 5.53. The van der Waals surface area contributed by atoms with Crippen LogP contribution in [0.4, 0.5) is 0 Å². The lowest BCUT2D eigenvalue weighted by molar-refractivity contribution is 0.340. The lowest BCUT2D eigenvalue weighted by Crippen LogP contribution is -2.08. The summed E-state index contributed by atoms with van der Waals surface area (Å²) in [7, 11) is -3.88. The summed E-state index contributed by atoms with van der Waals surface area (Å²) in [5, 5.41) is 0.590. The van der Waals surface area contributed by atoms with Gasteiger partial charge in [-0.2, -0.15) is 8.42 Å². The van der Waals surface area contributed by atoms with Gasteiger partial charge >= 0.3 is 0 Å². The van der Waals surface area contributed by atoms with Gasteiger partial charge in [0.2, 0.25) is 0 Å². The van der Waals surface area contributed by atoms with Crippen molar-refractivity contribution in [3.05, 3.63) is 54.4 Å². The maximum Gasteiger partial charge on any atom is 0.299 e. The Hall–Kier alpha value is -1.89. The number of para-hydroxylation sites is 1. The van der Waals surface area contributed by atoms with Gasteiger partial charge in [-0.15, -0.1) is 11.6 Å². The zero-order valence-electron chi connectivity index (χ0n) is 12.4. The zero-order valence-corrected chi connectivity index (χ0v) is 14.0. The van der Waals surface area contributed by atoms with E-state index in [-0.39, 0.29) is 17.4 Å². The fraction of sp³-hybridized carbons (Fsp3) is 0.188. The molecule has 0 N–H and O–H groups in total. The van der Waals surface area contributed by atoms with Gasteiger partial charge in [-0.05, 0) is 24.6 Å². The summed E-state index contributed by atoms with van der Waals surface area (Å²) < 4.78 is 31.6. The molecule has 23 heavy (non-hydrogen) atoms. The highest BCUT2D eigenvalue weighted by molar-refractivity contribution is 7.87. The predicted octanol–water partition coefficient (Wildman–Crippen LogP) is 3.28. The van der Waals surface area contributed by atoms with Crippen molar-refractivity contribution in [3.8, 4) is 5.82 Å². The number of benzene rings is 1. The van der Waals surface area contributed by atoms with E-state index in [0.717, 1.165) is 11.1 Å². The number of alkyl halides is 1. The molecule has 3 aromatic rings. The van der Waals surface area contributed by atoms with Crippen LogP contribution in [0.3, 0.4) is 0 Å². The summed E-state index contributed by atoms with van der Waals surface area (Å²) in [6.45, 7) is 1.86. The van der Waals surface area contributed by atoms with Crippen molar-refractivity contribution in [2.24, 2.45) is 0 Å². The lowest BCUT2D eigenvalue weighted by atomic mass is 10.2. The third kappa shape index (κ3) is 2.97. The number of halogens is 1. The van der Waals surface area contributed by atoms with E-state index in [9.17, 15) is 8.42 Å². The molecule has 0 bridgehead atoms. The van der Waals surface area contributed by atoms with Crippen LogP contribution in [-0.2, 0) is 14.3 Å². The van der Waals surface area contributed by atoms with Crippen LogP contribution in [0.2, 0.25) is 0 Å². The molecule has 2 heterocycles. The summed E-state index contributed by atoms with van der Waals surface area (Å²) in [5.41, 5.74) is 1.70. The molecular weight excluding hydrogens is 336 g/mol. The summed E-state index contributed by atoms with van der Waals surface area (Å²) in [6, 6.07) is 11.0. The standard InChI is InChI=1S/C16H15ClN2O3S/c1-12-5-4-9-18-16(12)19-11-15(23(20,21)22-10-8-17)13-6-2-3-7-14(13)19/h2-7,9,11H,8,10H2,1H3. The molecule has 0 saturated carbocycles. The second-order valence-corrected chi connectivity index (χ2v) is 6.95. The second kappa shape index (κ2) is 6.31. The van der Waals surface area contributed by atoms with Crippen molar-refractivity contribution in [3.63, 3.8) is 0 Å². The highest BCUT2D eigenvalue weighted by Gasteiger charge is 2.23. The Kier molecular flexibility index (Phi) is 4.39. The van der Waals surface area contributed by atoms with Crippen LogP contribution >= 0.6 is 11.6 Å². The van der Waals surface area contributed by atoms with E-state index in [2.05, 4.69) is 4.98 Å². The van der Waals surface area contributed by atoms with Crippen LogP contribution in [-0.4, -0.2) is 30.5 Å². The van der Waals surface area contributed by atoms with Crippen molar-refractivity contribution >= 4 is 32.6 Å². The van der Waals surface area contributed by atoms with E-state index < -0.39 is 10.1 Å². The van der Waals surface area contributed by atoms with Gasteiger partial charge in [-0.3, -0.25) is 8.75 Å². The van der Waals surface area contributed by atoms with E-state index in [1.165, 1.54) is 0 Å². The van der Waals surface area contributed by atoms with Gasteiger partial charge in [0.15, 0.2) is 0 Å². The quantitative estimate of drug-likeness (QED) is 0.523. The van der Waals surface area contributed by atoms with Crippen molar-refractivity contribution < 1.29 is 12.6 Å². The molecule has 0 radical (unpaired) electrons. The normalized spacial score (nSPS) is 11.9. The van der Waals surface area contributed by atoms with Crippen LogP contribution < -0.4 is 0 Å². The number of nitrogens with zero attached hydrogens (tertiary/aromatic N) is 2. The molecule has 0 aliphatic rings. The first-order valence-electron chi connectivity index (χ1n) is 7.02. The van der Waals surface area contributed by atoms with Crippen molar-refractivity contribution in [1.82, 2.24) is 9.55 Å². The fourth-order valence-corrected chi connectivity index (χ4v) is 3.73. The molecule has 0 atom stereocenters. The molecule has 7 heteroatoms. The van der Waals surface area contributed by atoms with Crippen molar-refractivity contribution in [1.29, 1.82) is 0 Å². The number of pyridine rings is 1. The van der Waals surface area contributed by atoms with Gasteiger partial charge in [-0.25, -0.2) is 4.98 Å². The Morgan fingerprint density at radius 1 is 1.22 bits per heavy atom. The molecule has 3 rings (SSSR count). The Balaban J connectivity index is 2.25. The van der Waals surface area contributed by atoms with Gasteiger partial charge in [0.05, 0.1) is 12.1 Å². The van der Waals surface area contributed by atoms with E-state index >= 15 is 0 Å². The van der Waals surface area contributed by atoms with Gasteiger partial charge in [0.25, 0.3) is 10.1 Å². The maximum atomic E-state index is 12.4. The highest BCUT2D eigenvalue weighted by Crippen LogP contribution is 2.29. The molecule has 5 nitrogen and oxygen atoms in total. The van der Waals surface area contributed by atoms with Crippen LogP contribution in [0, 0.1) is 6.92 Å². The number of hydrogen-bond acceptors (Lipinski definition) is 4. The van der Waals surface area contributed by atoms with E-state index in [1.54, 1.807) is 29.1 Å². The summed E-state index contributed by atoms with van der Waals surface area (Å²) in [6.07, 6.45) is 3.22. The van der Waals surface area contributed by atoms with E-state index in [4.69, 9.17) is 15.8 Å². The maximum absolute atomic E-state index is 12.4. The van der Waals surface area contributed by atoms with Crippen LogP contribution in [0.25, 0.3) is 16.7 Å². The monoisotopic (exact) mass is 350 g/mol. The summed E-state index contributed by atoms with van der Waals surface area (Å²) in [4.78, 5) is 4.48. The Morgan fingerprint density at radius 2 is 2.00 bits per heavy atom. The topological polar surface area (TPSA) is 61.2 Å². The fourth-order valence-electron chi connectivity index (χ4n) is 2.46. The van der Waals surface area contributed by atoms with Crippen molar-refractivity contribution in [2.75, 3.05) is 12.5 Å². The van der Waals surface area contributed by atoms with E-state index in [0.29, 0.717) is 11.2 Å². The minimum atomic E-state index is -3.88. The first-order valence-corrected chi connectivity index (χ1v) is 8.96. The average Bonchev–Trinajstić information content (AvgIpc) is 2.94. The summed E-state index contributed by atoms with van der Waals surface area (Å²) in [5.74, 6) is 0.791. The van der Waals surface area contributed by atoms with Crippen LogP contribution in [0.1, 0.15) is 5.56 Å². The molecule has 0 saturated heterocycles. The van der Waals surface area contributed by atoms with Crippen LogP contribution in [0.5, 0.6) is 0 Å². The minimum Gasteiger partial charge on any atom is -0.300 e. The van der Waals surface area contributed by atoms with Gasteiger partial charge < -0.3 is 0 Å². The molecule has 0 aliphatic heterocycles. The lowest BCUT2D eigenvalue weighted by Gasteiger charge is -2.06. The molecule has 0 amide bonds. The third-order valence-electron chi connectivity index (χ3n) is 3.47. The van der Waals surface area contributed by atoms with Gasteiger partial charge in [0.1, 0.15) is 10.7 Å². The zero-order chi connectivity index (χ0) is 16.4. The highest BCUT2D eigenvalue weighted by atomic mass is 35.5. The molecule has 120 valence electrons. The first kappa shape index (κ1) is 16.0. The Bertz CT molecular complexity index is 951. The number of fused-ring (bicyclic) bond motifs is 1. The molecule has 0 unspecified atom stereocenters. The van der Waals surface area contributed by atoms with Gasteiger partial charge in [-0.1, -0.05) is 24.3 Å². The Morgan fingerprint density at radius 3 is 2.74 bits per heavy atom. The average molecular weight is 351 g/mol. The molecule has 0 spiro atoms. The Labute approximate surface area is 139 Å². The molecule has 0 aliphatic carbocycles. The minimum absolute atomic E-state index is 0.0635. The number of hydrogen-bond donors (Lipinski definition) is 0.